The smallest absolute Gasteiger partial charge is 2.00 e. The maximum atomic E-state index is 2.33. The third-order valence-electron chi connectivity index (χ3n) is 11.3. The fourth-order valence-corrected chi connectivity index (χ4v) is 24.8. The van der Waals surface area contributed by atoms with E-state index in [2.05, 4.69) is 41.5 Å². The molecule has 0 N–H and O–H groups in total. The van der Waals surface area contributed by atoms with Crippen LogP contribution in [0.1, 0.15) is 273 Å². The number of rotatable bonds is 42. The van der Waals surface area contributed by atoms with E-state index in [4.69, 9.17) is 0 Å². The van der Waals surface area contributed by atoms with E-state index < -0.39 is 39.5 Å². The summed E-state index contributed by atoms with van der Waals surface area (Å²) in [5.41, 5.74) is 0. The summed E-state index contributed by atoms with van der Waals surface area (Å²) in [6.07, 6.45) is 53.8. The summed E-state index contributed by atoms with van der Waals surface area (Å²) < 4.78 is 10.3. The predicted octanol–water partition coefficient (Wildman–Crippen LogP) is 19.1. The Labute approximate surface area is 349 Å². The Balaban J connectivity index is -0.000000886. The Hall–Kier alpha value is 1.95. The third-order valence-corrected chi connectivity index (χ3v) is 29.5. The van der Waals surface area contributed by atoms with E-state index in [1.807, 2.05) is 0 Å². The second-order valence-corrected chi connectivity index (χ2v) is 33.7. The normalized spacial score (nSPS) is 10.9. The first-order valence-electron chi connectivity index (χ1n) is 24.4. The Bertz CT molecular complexity index is 431. The molecule has 0 aromatic heterocycles. The Morgan fingerprint density at radius 1 is 0.176 bits per heavy atom. The number of hydrogen-bond acceptors (Lipinski definition) is 0. The molecule has 308 valence electrons. The zero-order valence-corrected chi connectivity index (χ0v) is 43.6. The zero-order valence-electron chi connectivity index (χ0n) is 37.1. The van der Waals surface area contributed by atoms with Crippen molar-refractivity contribution in [3.63, 3.8) is 0 Å². The van der Waals surface area contributed by atoms with Crippen molar-refractivity contribution in [3.8, 4) is 0 Å². The van der Waals surface area contributed by atoms with Crippen LogP contribution in [-0.2, 0) is 13.5 Å². The van der Waals surface area contributed by atoms with Gasteiger partial charge in [0.15, 0.2) is 0 Å². The summed E-state index contributed by atoms with van der Waals surface area (Å²) >= 11 is -2.03. The molecule has 0 amide bonds. The molecule has 0 unspecified atom stereocenters. The van der Waals surface area contributed by atoms with Gasteiger partial charge in [0, 0.05) is 0 Å². The summed E-state index contributed by atoms with van der Waals surface area (Å²) in [7, 11) is 0. The van der Waals surface area contributed by atoms with Gasteiger partial charge in [-0.1, -0.05) is 0 Å². The molecule has 0 aliphatic heterocycles. The van der Waals surface area contributed by atoms with Crippen LogP contribution in [0, 0.1) is 0 Å². The van der Waals surface area contributed by atoms with Gasteiger partial charge >= 0.3 is 339 Å². The fraction of sp³-hybridized carbons (Fsp3) is 1.00. The van der Waals surface area contributed by atoms with E-state index in [0.717, 1.165) is 0 Å². The molecule has 0 bridgehead atoms. The topological polar surface area (TPSA) is 0 Å². The van der Waals surface area contributed by atoms with Crippen LogP contribution in [0.5, 0.6) is 0 Å². The second kappa shape index (κ2) is 54.0. The van der Waals surface area contributed by atoms with Gasteiger partial charge in [-0.2, -0.15) is 0 Å². The fourth-order valence-electron chi connectivity index (χ4n) is 7.68. The quantitative estimate of drug-likeness (QED) is 0.0423. The van der Waals surface area contributed by atoms with Crippen LogP contribution in [0.15, 0.2) is 0 Å². The van der Waals surface area contributed by atoms with Gasteiger partial charge in [0.05, 0.1) is 0 Å². The first-order chi connectivity index (χ1) is 24.7. The molecule has 0 heterocycles. The van der Waals surface area contributed by atoms with Crippen molar-refractivity contribution in [3.05, 3.63) is 0 Å². The van der Waals surface area contributed by atoms with Crippen LogP contribution >= 0.6 is 0 Å². The predicted molar refractivity (Wildman–Crippen MR) is 248 cm³/mol. The van der Waals surface area contributed by atoms with Crippen LogP contribution in [0.3, 0.4) is 0 Å². The molecule has 0 atom stereocenters. The van der Waals surface area contributed by atoms with Crippen LogP contribution in [0.2, 0.25) is 26.6 Å². The van der Waals surface area contributed by atoms with Crippen molar-refractivity contribution in [1.82, 2.24) is 0 Å². The van der Waals surface area contributed by atoms with Crippen molar-refractivity contribution in [2.45, 2.75) is 299 Å². The minimum atomic E-state index is -1.02. The van der Waals surface area contributed by atoms with Gasteiger partial charge in [-0.25, -0.2) is 0 Å². The summed E-state index contributed by atoms with van der Waals surface area (Å²) in [6, 6.07) is 0. The standard InChI is InChI=1S/6C8H17.S.2Sn/c6*1-3-5-7-8-6-4-2;;;/h6*1,3-8H2,2H3;;;/q;;;;;;-2;2*+1. The molecular formula is C48H102SSn2. The van der Waals surface area contributed by atoms with Crippen molar-refractivity contribution < 1.29 is 0 Å². The Morgan fingerprint density at radius 3 is 0.431 bits per heavy atom. The molecule has 0 saturated carbocycles. The molecule has 0 aromatic carbocycles. The second-order valence-electron chi connectivity index (χ2n) is 16.6. The first-order valence-corrected chi connectivity index (χ1v) is 36.5. The summed E-state index contributed by atoms with van der Waals surface area (Å²) in [5, 5.41) is 0. The molecule has 0 radical (unpaired) electrons. The molecule has 0 aromatic rings. The number of unbranched alkanes of at least 4 members (excludes halogenated alkanes) is 30. The molecule has 51 heavy (non-hydrogen) atoms. The van der Waals surface area contributed by atoms with Crippen molar-refractivity contribution in [2.24, 2.45) is 0 Å². The van der Waals surface area contributed by atoms with Gasteiger partial charge in [-0.15, -0.1) is 0 Å². The van der Waals surface area contributed by atoms with Crippen LogP contribution in [0.4, 0.5) is 0 Å². The first kappa shape index (κ1) is 57.3. The third kappa shape index (κ3) is 51.9. The van der Waals surface area contributed by atoms with Crippen LogP contribution in [0.25, 0.3) is 0 Å². The molecule has 0 rings (SSSR count). The average molecular weight is 949 g/mol. The maximum absolute atomic E-state index is 2.33. The van der Waals surface area contributed by atoms with Gasteiger partial charge in [0.25, 0.3) is 0 Å². The minimum absolute atomic E-state index is 0. The Kier molecular flexibility index (Phi) is 60.7. The van der Waals surface area contributed by atoms with Gasteiger partial charge in [-0.05, 0) is 0 Å². The molecule has 0 spiro atoms. The van der Waals surface area contributed by atoms with Crippen molar-refractivity contribution in [2.75, 3.05) is 0 Å². The van der Waals surface area contributed by atoms with Gasteiger partial charge in [0.2, 0.25) is 0 Å². The molecule has 0 nitrogen and oxygen atoms in total. The molecule has 0 aliphatic carbocycles. The summed E-state index contributed by atoms with van der Waals surface area (Å²) in [5.74, 6) is 0. The minimum Gasteiger partial charge on any atom is -2.00 e. The SMILES string of the molecule is CCCCCCC[CH2][Sn+]([CH2]CCCCCCC)[CH2]CCCCCCC.CCCCCCC[CH2][Sn+]([CH2]CCCCCCC)[CH2]CCCCCCC.[S-2]. The number of hydrogen-bond donors (Lipinski definition) is 0. The van der Waals surface area contributed by atoms with E-state index in [-0.39, 0.29) is 13.5 Å². The van der Waals surface area contributed by atoms with Crippen LogP contribution < -0.4 is 0 Å². The van der Waals surface area contributed by atoms with Gasteiger partial charge < -0.3 is 13.5 Å². The summed E-state index contributed by atoms with van der Waals surface area (Å²) in [4.78, 5) is 0. The molecule has 0 saturated heterocycles. The zero-order chi connectivity index (χ0) is 36.9. The van der Waals surface area contributed by atoms with E-state index in [1.54, 1.807) is 65.1 Å². The van der Waals surface area contributed by atoms with Crippen molar-refractivity contribution >= 4 is 53.0 Å². The van der Waals surface area contributed by atoms with E-state index in [9.17, 15) is 0 Å². The van der Waals surface area contributed by atoms with Gasteiger partial charge in [-0.3, -0.25) is 0 Å². The monoisotopic (exact) mass is 951 g/mol. The van der Waals surface area contributed by atoms with Gasteiger partial charge in [0.1, 0.15) is 0 Å². The Morgan fingerprint density at radius 2 is 0.294 bits per heavy atom. The van der Waals surface area contributed by atoms with Crippen molar-refractivity contribution in [1.29, 1.82) is 0 Å². The van der Waals surface area contributed by atoms with Crippen LogP contribution in [-0.4, -0.2) is 39.5 Å². The van der Waals surface area contributed by atoms with E-state index in [1.165, 1.54) is 193 Å². The molecule has 0 fully saturated rings. The van der Waals surface area contributed by atoms with E-state index >= 15 is 0 Å². The average Bonchev–Trinajstić information content (AvgIpc) is 3.13. The summed E-state index contributed by atoms with van der Waals surface area (Å²) in [6.45, 7) is 14.0. The largest absolute Gasteiger partial charge is 2.00 e. The maximum Gasteiger partial charge on any atom is -2.00 e. The molecule has 0 aliphatic rings. The van der Waals surface area contributed by atoms with E-state index in [0.29, 0.717) is 0 Å². The molecule has 3 heteroatoms. The molecular weight excluding hydrogens is 846 g/mol.